The summed E-state index contributed by atoms with van der Waals surface area (Å²) in [7, 11) is 0. The van der Waals surface area contributed by atoms with Gasteiger partial charge in [0.2, 0.25) is 0 Å². The smallest absolute Gasteiger partial charge is 0.303 e. The number of nitrogens with one attached hydrogen (secondary N) is 1. The van der Waals surface area contributed by atoms with Gasteiger partial charge in [0.25, 0.3) is 5.91 Å². The first kappa shape index (κ1) is 19.4. The Morgan fingerprint density at radius 3 is 2.52 bits per heavy atom. The molecule has 1 fully saturated rings. The van der Waals surface area contributed by atoms with Crippen molar-refractivity contribution in [1.82, 2.24) is 5.32 Å². The Bertz CT molecular complexity index is 540. The third-order valence-electron chi connectivity index (χ3n) is 4.43. The maximum atomic E-state index is 12.7. The highest BCUT2D eigenvalue weighted by molar-refractivity contribution is 5.85. The van der Waals surface area contributed by atoms with Crippen LogP contribution in [-0.2, 0) is 25.7 Å². The Balaban J connectivity index is 1.81. The summed E-state index contributed by atoms with van der Waals surface area (Å²) in [4.78, 5) is 23.2. The molecular formula is C19H27NO5. The lowest BCUT2D eigenvalue weighted by Crippen LogP contribution is -2.52. The summed E-state index contributed by atoms with van der Waals surface area (Å²) in [5, 5.41) is 11.6. The third-order valence-corrected chi connectivity index (χ3v) is 4.43. The average molecular weight is 349 g/mol. The quantitative estimate of drug-likeness (QED) is 0.634. The van der Waals surface area contributed by atoms with E-state index in [0.29, 0.717) is 45.6 Å². The first-order valence-electron chi connectivity index (χ1n) is 8.88. The highest BCUT2D eigenvalue weighted by Gasteiger charge is 2.41. The van der Waals surface area contributed by atoms with Gasteiger partial charge in [-0.15, -0.1) is 0 Å². The Labute approximate surface area is 148 Å². The summed E-state index contributed by atoms with van der Waals surface area (Å²) in [5.74, 6) is -0.871. The molecule has 0 bridgehead atoms. The Morgan fingerprint density at radius 2 is 1.84 bits per heavy atom. The highest BCUT2D eigenvalue weighted by atomic mass is 16.5. The van der Waals surface area contributed by atoms with Crippen molar-refractivity contribution in [2.24, 2.45) is 0 Å². The molecule has 0 aromatic heterocycles. The van der Waals surface area contributed by atoms with Gasteiger partial charge in [-0.1, -0.05) is 36.8 Å². The molecule has 0 spiro atoms. The molecule has 1 aliphatic rings. The molecule has 2 N–H and O–H groups in total. The van der Waals surface area contributed by atoms with Crippen LogP contribution in [0.1, 0.15) is 44.1 Å². The lowest BCUT2D eigenvalue weighted by Gasteiger charge is -2.35. The van der Waals surface area contributed by atoms with Gasteiger partial charge in [0.15, 0.2) is 5.60 Å². The predicted octanol–water partition coefficient (Wildman–Crippen LogP) is 2.51. The number of benzene rings is 1. The number of hydrogen-bond acceptors (Lipinski definition) is 4. The number of carbonyl (C=O) groups is 2. The number of carboxylic acids is 1. The van der Waals surface area contributed by atoms with Gasteiger partial charge in [-0.05, 0) is 18.4 Å². The van der Waals surface area contributed by atoms with Crippen LogP contribution in [0.2, 0.25) is 0 Å². The fraction of sp³-hybridized carbons (Fsp3) is 0.579. The number of carboxylic acid groups (broad SMARTS) is 1. The Morgan fingerprint density at radius 1 is 1.12 bits per heavy atom. The zero-order chi connectivity index (χ0) is 18.0. The SMILES string of the molecule is O=C(O)CCCCCNC(=O)C1(OCc2ccccc2)CCOCC1. The molecule has 2 rings (SSSR count). The van der Waals surface area contributed by atoms with Crippen LogP contribution in [0.15, 0.2) is 30.3 Å². The molecule has 6 nitrogen and oxygen atoms in total. The fourth-order valence-corrected chi connectivity index (χ4v) is 2.87. The topological polar surface area (TPSA) is 84.9 Å². The number of ether oxygens (including phenoxy) is 2. The van der Waals surface area contributed by atoms with Crippen molar-refractivity contribution in [1.29, 1.82) is 0 Å². The zero-order valence-corrected chi connectivity index (χ0v) is 14.5. The van der Waals surface area contributed by atoms with E-state index >= 15 is 0 Å². The minimum Gasteiger partial charge on any atom is -0.481 e. The van der Waals surface area contributed by atoms with Gasteiger partial charge in [-0.25, -0.2) is 0 Å². The van der Waals surface area contributed by atoms with E-state index < -0.39 is 11.6 Å². The molecule has 25 heavy (non-hydrogen) atoms. The van der Waals surface area contributed by atoms with Crippen molar-refractivity contribution in [3.05, 3.63) is 35.9 Å². The Kier molecular flexibility index (Phi) is 7.88. The zero-order valence-electron chi connectivity index (χ0n) is 14.5. The van der Waals surface area contributed by atoms with Crippen molar-refractivity contribution in [2.75, 3.05) is 19.8 Å². The normalized spacial score (nSPS) is 16.3. The number of unbranched alkanes of at least 4 members (excludes halogenated alkanes) is 2. The van der Waals surface area contributed by atoms with Gasteiger partial charge in [0.05, 0.1) is 6.61 Å². The summed E-state index contributed by atoms with van der Waals surface area (Å²) in [5.41, 5.74) is 0.199. The van der Waals surface area contributed by atoms with E-state index in [1.165, 1.54) is 0 Å². The number of amides is 1. The van der Waals surface area contributed by atoms with Gasteiger partial charge >= 0.3 is 5.97 Å². The molecular weight excluding hydrogens is 322 g/mol. The molecule has 1 amide bonds. The van der Waals surface area contributed by atoms with Gasteiger partial charge in [0, 0.05) is 39.0 Å². The van der Waals surface area contributed by atoms with Crippen LogP contribution < -0.4 is 5.32 Å². The molecule has 0 radical (unpaired) electrons. The van der Waals surface area contributed by atoms with Crippen LogP contribution in [-0.4, -0.2) is 42.3 Å². The van der Waals surface area contributed by atoms with Gasteiger partial charge in [0.1, 0.15) is 0 Å². The molecule has 1 saturated heterocycles. The molecule has 0 unspecified atom stereocenters. The molecule has 1 aromatic carbocycles. The lowest BCUT2D eigenvalue weighted by atomic mass is 9.92. The average Bonchev–Trinajstić information content (AvgIpc) is 2.64. The predicted molar refractivity (Wildman–Crippen MR) is 93.1 cm³/mol. The van der Waals surface area contributed by atoms with E-state index in [2.05, 4.69) is 5.32 Å². The fourth-order valence-electron chi connectivity index (χ4n) is 2.87. The van der Waals surface area contributed by atoms with Crippen LogP contribution in [0.5, 0.6) is 0 Å². The molecule has 1 aliphatic heterocycles. The molecule has 6 heteroatoms. The number of rotatable bonds is 10. The number of aliphatic carboxylic acids is 1. The van der Waals surface area contributed by atoms with E-state index in [-0.39, 0.29) is 12.3 Å². The van der Waals surface area contributed by atoms with Crippen LogP contribution in [0.25, 0.3) is 0 Å². The second kappa shape index (κ2) is 10.2. The van der Waals surface area contributed by atoms with Gasteiger partial charge < -0.3 is 19.9 Å². The molecule has 0 atom stereocenters. The minimum atomic E-state index is -0.838. The largest absolute Gasteiger partial charge is 0.481 e. The van der Waals surface area contributed by atoms with E-state index in [4.69, 9.17) is 14.6 Å². The summed E-state index contributed by atoms with van der Waals surface area (Å²) in [6.45, 7) is 1.96. The summed E-state index contributed by atoms with van der Waals surface area (Å²) < 4.78 is 11.4. The van der Waals surface area contributed by atoms with Gasteiger partial charge in [-0.3, -0.25) is 9.59 Å². The van der Waals surface area contributed by atoms with Crippen molar-refractivity contribution in [2.45, 2.75) is 50.7 Å². The highest BCUT2D eigenvalue weighted by Crippen LogP contribution is 2.27. The van der Waals surface area contributed by atoms with Crippen LogP contribution in [0.3, 0.4) is 0 Å². The maximum absolute atomic E-state index is 12.7. The van der Waals surface area contributed by atoms with Gasteiger partial charge in [-0.2, -0.15) is 0 Å². The standard InChI is InChI=1S/C19H27NO5/c21-17(22)9-5-2-6-12-20-18(23)19(10-13-24-14-11-19)25-15-16-7-3-1-4-8-16/h1,3-4,7-8H,2,5-6,9-15H2,(H,20,23)(H,21,22). The molecule has 0 saturated carbocycles. The summed E-state index contributed by atoms with van der Waals surface area (Å²) in [6, 6.07) is 9.81. The molecule has 138 valence electrons. The maximum Gasteiger partial charge on any atom is 0.303 e. The Hall–Kier alpha value is -1.92. The second-order valence-electron chi connectivity index (χ2n) is 6.34. The second-order valence-corrected chi connectivity index (χ2v) is 6.34. The first-order valence-corrected chi connectivity index (χ1v) is 8.88. The van der Waals surface area contributed by atoms with E-state index in [1.807, 2.05) is 30.3 Å². The van der Waals surface area contributed by atoms with Crippen LogP contribution >= 0.6 is 0 Å². The minimum absolute atomic E-state index is 0.0926. The number of hydrogen-bond donors (Lipinski definition) is 2. The summed E-state index contributed by atoms with van der Waals surface area (Å²) in [6.07, 6.45) is 3.46. The monoisotopic (exact) mass is 349 g/mol. The van der Waals surface area contributed by atoms with Crippen molar-refractivity contribution >= 4 is 11.9 Å². The van der Waals surface area contributed by atoms with E-state index in [0.717, 1.165) is 18.4 Å². The molecule has 1 heterocycles. The van der Waals surface area contributed by atoms with Crippen molar-refractivity contribution in [3.63, 3.8) is 0 Å². The lowest BCUT2D eigenvalue weighted by molar-refractivity contribution is -0.163. The third kappa shape index (κ3) is 6.48. The van der Waals surface area contributed by atoms with Crippen molar-refractivity contribution in [3.8, 4) is 0 Å². The number of carbonyl (C=O) groups excluding carboxylic acids is 1. The van der Waals surface area contributed by atoms with E-state index in [1.54, 1.807) is 0 Å². The van der Waals surface area contributed by atoms with Crippen molar-refractivity contribution < 1.29 is 24.2 Å². The summed E-state index contributed by atoms with van der Waals surface area (Å²) >= 11 is 0. The van der Waals surface area contributed by atoms with E-state index in [9.17, 15) is 9.59 Å². The molecule has 0 aliphatic carbocycles. The molecule has 1 aromatic rings. The van der Waals surface area contributed by atoms with Crippen LogP contribution in [0.4, 0.5) is 0 Å². The van der Waals surface area contributed by atoms with Crippen LogP contribution in [0, 0.1) is 0 Å². The first-order chi connectivity index (χ1) is 12.1.